The molecule has 0 saturated carbocycles. The highest BCUT2D eigenvalue weighted by molar-refractivity contribution is 5.10. The minimum Gasteiger partial charge on any atom is -0.330 e. The molecule has 1 unspecified atom stereocenters. The van der Waals surface area contributed by atoms with Gasteiger partial charge in [0.05, 0.1) is 0 Å². The van der Waals surface area contributed by atoms with Gasteiger partial charge in [-0.1, -0.05) is 0 Å². The van der Waals surface area contributed by atoms with Crippen LogP contribution in [0, 0.1) is 0 Å². The number of aromatic nitrogens is 1. The molecule has 0 aliphatic carbocycles. The Bertz CT molecular complexity index is 390. The van der Waals surface area contributed by atoms with Crippen molar-refractivity contribution in [2.24, 2.45) is 5.73 Å². The fraction of sp³-hybridized carbons (Fsp3) is 0.667. The van der Waals surface area contributed by atoms with Gasteiger partial charge in [0.15, 0.2) is 0 Å². The van der Waals surface area contributed by atoms with Crippen LogP contribution in [0.15, 0.2) is 24.5 Å². The van der Waals surface area contributed by atoms with Crippen molar-refractivity contribution in [2.75, 3.05) is 26.7 Å². The van der Waals surface area contributed by atoms with E-state index < -0.39 is 0 Å². The standard InChI is InChI=1S/C15H26N4/c1-15(2)12-19(10-13-5-8-17-9-6-13)14(4-7-16)11-18(15)3/h5-6,8-9,14H,4,7,10-12,16H2,1-3H3. The van der Waals surface area contributed by atoms with Crippen molar-refractivity contribution in [3.8, 4) is 0 Å². The first-order valence-electron chi connectivity index (χ1n) is 7.07. The van der Waals surface area contributed by atoms with Gasteiger partial charge < -0.3 is 5.73 Å². The van der Waals surface area contributed by atoms with E-state index in [1.165, 1.54) is 5.56 Å². The molecule has 106 valence electrons. The first-order chi connectivity index (χ1) is 9.03. The summed E-state index contributed by atoms with van der Waals surface area (Å²) >= 11 is 0. The molecule has 4 heteroatoms. The van der Waals surface area contributed by atoms with Crippen molar-refractivity contribution in [1.29, 1.82) is 0 Å². The molecule has 0 bridgehead atoms. The van der Waals surface area contributed by atoms with Crippen LogP contribution in [0.4, 0.5) is 0 Å². The summed E-state index contributed by atoms with van der Waals surface area (Å²) in [5.41, 5.74) is 7.32. The van der Waals surface area contributed by atoms with Crippen LogP contribution in [0.5, 0.6) is 0 Å². The average molecular weight is 262 g/mol. The molecule has 0 amide bonds. The average Bonchev–Trinajstić information content (AvgIpc) is 2.37. The lowest BCUT2D eigenvalue weighted by molar-refractivity contribution is -0.00781. The summed E-state index contributed by atoms with van der Waals surface area (Å²) in [6.45, 7) is 8.54. The number of hydrogen-bond acceptors (Lipinski definition) is 4. The van der Waals surface area contributed by atoms with Gasteiger partial charge in [0, 0.05) is 43.6 Å². The van der Waals surface area contributed by atoms with E-state index in [1.807, 2.05) is 12.4 Å². The van der Waals surface area contributed by atoms with Gasteiger partial charge in [-0.2, -0.15) is 0 Å². The van der Waals surface area contributed by atoms with Gasteiger partial charge in [-0.15, -0.1) is 0 Å². The van der Waals surface area contributed by atoms with Crippen LogP contribution in [0.25, 0.3) is 0 Å². The fourth-order valence-corrected chi connectivity index (χ4v) is 2.80. The zero-order valence-electron chi connectivity index (χ0n) is 12.3. The third kappa shape index (κ3) is 3.53. The molecule has 19 heavy (non-hydrogen) atoms. The van der Waals surface area contributed by atoms with E-state index in [0.717, 1.165) is 32.6 Å². The van der Waals surface area contributed by atoms with Gasteiger partial charge in [0.25, 0.3) is 0 Å². The first-order valence-corrected chi connectivity index (χ1v) is 7.07. The van der Waals surface area contributed by atoms with E-state index in [9.17, 15) is 0 Å². The van der Waals surface area contributed by atoms with Gasteiger partial charge in [-0.05, 0) is 51.6 Å². The number of likely N-dealkylation sites (N-methyl/N-ethyl adjacent to an activating group) is 1. The minimum absolute atomic E-state index is 0.220. The third-order valence-electron chi connectivity index (χ3n) is 4.26. The molecule has 2 rings (SSSR count). The molecule has 1 fully saturated rings. The number of piperazine rings is 1. The second-order valence-electron chi connectivity index (χ2n) is 6.18. The smallest absolute Gasteiger partial charge is 0.0278 e. The predicted octanol–water partition coefficient (Wildman–Crippen LogP) is 1.33. The highest BCUT2D eigenvalue weighted by Gasteiger charge is 2.36. The van der Waals surface area contributed by atoms with E-state index in [2.05, 4.69) is 47.8 Å². The molecule has 1 aromatic heterocycles. The molecule has 2 N–H and O–H groups in total. The number of pyridine rings is 1. The summed E-state index contributed by atoms with van der Waals surface area (Å²) in [6.07, 6.45) is 4.80. The summed E-state index contributed by atoms with van der Waals surface area (Å²) in [5.74, 6) is 0. The van der Waals surface area contributed by atoms with Gasteiger partial charge in [0.2, 0.25) is 0 Å². The third-order valence-corrected chi connectivity index (χ3v) is 4.26. The van der Waals surface area contributed by atoms with Crippen LogP contribution in [-0.2, 0) is 6.54 Å². The minimum atomic E-state index is 0.220. The number of hydrogen-bond donors (Lipinski definition) is 1. The summed E-state index contributed by atoms with van der Waals surface area (Å²) in [5, 5.41) is 0. The van der Waals surface area contributed by atoms with Crippen LogP contribution in [0.1, 0.15) is 25.8 Å². The van der Waals surface area contributed by atoms with Gasteiger partial charge in [-0.25, -0.2) is 0 Å². The van der Waals surface area contributed by atoms with E-state index in [4.69, 9.17) is 5.73 Å². The Morgan fingerprint density at radius 3 is 2.68 bits per heavy atom. The molecule has 0 aromatic carbocycles. The SMILES string of the molecule is CN1CC(CCN)N(Cc2ccncc2)CC1(C)C. The molecule has 0 spiro atoms. The summed E-state index contributed by atoms with van der Waals surface area (Å²) in [7, 11) is 2.22. The predicted molar refractivity (Wildman–Crippen MR) is 78.8 cm³/mol. The number of nitrogens with two attached hydrogens (primary N) is 1. The maximum atomic E-state index is 5.77. The lowest BCUT2D eigenvalue weighted by Gasteiger charge is -2.50. The van der Waals surface area contributed by atoms with E-state index in [-0.39, 0.29) is 5.54 Å². The molecule has 1 aliphatic heterocycles. The zero-order valence-corrected chi connectivity index (χ0v) is 12.3. The normalized spacial score (nSPS) is 24.5. The number of rotatable bonds is 4. The molecule has 1 aliphatic rings. The monoisotopic (exact) mass is 262 g/mol. The van der Waals surface area contributed by atoms with Crippen LogP contribution in [0.2, 0.25) is 0 Å². The Balaban J connectivity index is 2.10. The van der Waals surface area contributed by atoms with Gasteiger partial charge >= 0.3 is 0 Å². The van der Waals surface area contributed by atoms with E-state index in [1.54, 1.807) is 0 Å². The second kappa shape index (κ2) is 5.99. The van der Waals surface area contributed by atoms with Crippen molar-refractivity contribution in [3.05, 3.63) is 30.1 Å². The largest absolute Gasteiger partial charge is 0.330 e. The van der Waals surface area contributed by atoms with Crippen molar-refractivity contribution in [1.82, 2.24) is 14.8 Å². The van der Waals surface area contributed by atoms with E-state index >= 15 is 0 Å². The highest BCUT2D eigenvalue weighted by atomic mass is 15.3. The molecule has 1 saturated heterocycles. The molecule has 2 heterocycles. The van der Waals surface area contributed by atoms with Crippen molar-refractivity contribution >= 4 is 0 Å². The summed E-state index contributed by atoms with van der Waals surface area (Å²) in [4.78, 5) is 9.11. The van der Waals surface area contributed by atoms with Crippen LogP contribution in [0.3, 0.4) is 0 Å². The lowest BCUT2D eigenvalue weighted by atomic mass is 9.94. The van der Waals surface area contributed by atoms with Crippen molar-refractivity contribution < 1.29 is 0 Å². The maximum Gasteiger partial charge on any atom is 0.0278 e. The Kier molecular flexibility index (Phi) is 4.55. The van der Waals surface area contributed by atoms with Gasteiger partial charge in [0.1, 0.15) is 0 Å². The zero-order chi connectivity index (χ0) is 13.9. The van der Waals surface area contributed by atoms with Crippen LogP contribution in [-0.4, -0.2) is 53.0 Å². The molecule has 1 aromatic rings. The second-order valence-corrected chi connectivity index (χ2v) is 6.18. The Morgan fingerprint density at radius 2 is 2.05 bits per heavy atom. The molecular formula is C15H26N4. The van der Waals surface area contributed by atoms with Crippen molar-refractivity contribution in [3.63, 3.8) is 0 Å². The fourth-order valence-electron chi connectivity index (χ4n) is 2.80. The maximum absolute atomic E-state index is 5.77. The number of nitrogens with zero attached hydrogens (tertiary/aromatic N) is 3. The van der Waals surface area contributed by atoms with Gasteiger partial charge in [-0.3, -0.25) is 14.8 Å². The van der Waals surface area contributed by atoms with E-state index in [0.29, 0.717) is 6.04 Å². The lowest BCUT2D eigenvalue weighted by Crippen LogP contribution is -2.61. The Labute approximate surface area is 116 Å². The molecule has 1 atom stereocenters. The molecule has 4 nitrogen and oxygen atoms in total. The first kappa shape index (κ1) is 14.4. The topological polar surface area (TPSA) is 45.4 Å². The Morgan fingerprint density at radius 1 is 1.37 bits per heavy atom. The summed E-state index contributed by atoms with van der Waals surface area (Å²) in [6, 6.07) is 4.76. The van der Waals surface area contributed by atoms with Crippen LogP contribution < -0.4 is 5.73 Å². The highest BCUT2D eigenvalue weighted by Crippen LogP contribution is 2.25. The quantitative estimate of drug-likeness (QED) is 0.889. The Hall–Kier alpha value is -0.970. The van der Waals surface area contributed by atoms with Crippen LogP contribution >= 0.6 is 0 Å². The summed E-state index contributed by atoms with van der Waals surface area (Å²) < 4.78 is 0. The molecular weight excluding hydrogens is 236 g/mol. The molecule has 0 radical (unpaired) electrons. The van der Waals surface area contributed by atoms with Crippen molar-refractivity contribution in [2.45, 2.75) is 38.4 Å².